The molecule has 1 amide bonds. The molecule has 1 fully saturated rings. The van der Waals surface area contributed by atoms with Crippen LogP contribution in [0.3, 0.4) is 0 Å². The smallest absolute Gasteiger partial charge is 0.261 e. The van der Waals surface area contributed by atoms with Gasteiger partial charge in [-0.2, -0.15) is 0 Å². The van der Waals surface area contributed by atoms with E-state index in [1.807, 2.05) is 37.6 Å². The summed E-state index contributed by atoms with van der Waals surface area (Å²) in [6.45, 7) is 5.09. The summed E-state index contributed by atoms with van der Waals surface area (Å²) in [7, 11) is 1.84. The molecule has 0 aliphatic carbocycles. The van der Waals surface area contributed by atoms with Crippen LogP contribution in [0.15, 0.2) is 28.3 Å². The van der Waals surface area contributed by atoms with Crippen LogP contribution in [0.1, 0.15) is 35.5 Å². The third-order valence-corrected chi connectivity index (χ3v) is 6.51. The first-order valence-corrected chi connectivity index (χ1v) is 11.3. The number of thioether (sulfide) groups is 1. The van der Waals surface area contributed by atoms with E-state index in [4.69, 9.17) is 4.74 Å². The Balaban J connectivity index is 1.44. The molecule has 1 aliphatic heterocycles. The van der Waals surface area contributed by atoms with Crippen molar-refractivity contribution in [3.63, 3.8) is 0 Å². The Morgan fingerprint density at radius 1 is 1.35 bits per heavy atom. The number of nitrogens with one attached hydrogen (secondary N) is 1. The van der Waals surface area contributed by atoms with Crippen LogP contribution >= 0.6 is 11.8 Å². The van der Waals surface area contributed by atoms with E-state index in [2.05, 4.69) is 20.5 Å². The van der Waals surface area contributed by atoms with Gasteiger partial charge in [0.15, 0.2) is 5.16 Å². The lowest BCUT2D eigenvalue weighted by atomic mass is 10.1. The predicted molar refractivity (Wildman–Crippen MR) is 117 cm³/mol. The van der Waals surface area contributed by atoms with Crippen molar-refractivity contribution < 1.29 is 9.53 Å². The number of pyridine rings is 1. The summed E-state index contributed by atoms with van der Waals surface area (Å²) in [6.07, 6.45) is 4.21. The van der Waals surface area contributed by atoms with Gasteiger partial charge < -0.3 is 14.6 Å². The third-order valence-electron chi connectivity index (χ3n) is 5.49. The number of amides is 1. The summed E-state index contributed by atoms with van der Waals surface area (Å²) in [5, 5.41) is 12.0. The van der Waals surface area contributed by atoms with Crippen LogP contribution in [0, 0.1) is 13.8 Å². The summed E-state index contributed by atoms with van der Waals surface area (Å²) >= 11 is 1.32. The first-order chi connectivity index (χ1) is 14.9. The Morgan fingerprint density at radius 3 is 2.97 bits per heavy atom. The zero-order chi connectivity index (χ0) is 22.0. The van der Waals surface area contributed by atoms with Crippen LogP contribution in [0.2, 0.25) is 0 Å². The number of hydrogen-bond donors (Lipinski definition) is 1. The van der Waals surface area contributed by atoms with Crippen molar-refractivity contribution in [2.45, 2.75) is 44.4 Å². The molecule has 10 heteroatoms. The van der Waals surface area contributed by atoms with Crippen molar-refractivity contribution in [1.82, 2.24) is 29.5 Å². The second-order valence-electron chi connectivity index (χ2n) is 7.73. The van der Waals surface area contributed by atoms with Crippen LogP contribution in [0.25, 0.3) is 5.65 Å². The number of rotatable bonds is 7. The number of aromatic nitrogens is 5. The van der Waals surface area contributed by atoms with Gasteiger partial charge >= 0.3 is 0 Å². The van der Waals surface area contributed by atoms with Crippen molar-refractivity contribution in [1.29, 1.82) is 0 Å². The lowest BCUT2D eigenvalue weighted by Gasteiger charge is -2.10. The summed E-state index contributed by atoms with van der Waals surface area (Å²) in [4.78, 5) is 29.8. The Hall–Kier alpha value is -2.72. The highest BCUT2D eigenvalue weighted by atomic mass is 32.2. The molecule has 1 atom stereocenters. The lowest BCUT2D eigenvalue weighted by Crippen LogP contribution is -2.32. The number of carbonyl (C=O) groups excluding carboxylic acids is 1. The maximum absolute atomic E-state index is 13.0. The molecule has 3 aromatic heterocycles. The maximum Gasteiger partial charge on any atom is 0.261 e. The summed E-state index contributed by atoms with van der Waals surface area (Å²) in [5.41, 5.74) is 2.78. The molecule has 0 unspecified atom stereocenters. The van der Waals surface area contributed by atoms with Gasteiger partial charge in [-0.1, -0.05) is 17.8 Å². The second kappa shape index (κ2) is 9.19. The zero-order valence-corrected chi connectivity index (χ0v) is 18.7. The fraction of sp³-hybridized carbons (Fsp3) is 0.476. The van der Waals surface area contributed by atoms with E-state index in [-0.39, 0.29) is 23.3 Å². The largest absolute Gasteiger partial charge is 0.376 e. The number of nitrogens with zero attached hydrogens (tertiary/aromatic N) is 5. The van der Waals surface area contributed by atoms with E-state index >= 15 is 0 Å². The number of carbonyl (C=O) groups is 1. The van der Waals surface area contributed by atoms with Gasteiger partial charge in [-0.3, -0.25) is 14.0 Å². The first-order valence-electron chi connectivity index (χ1n) is 10.3. The lowest BCUT2D eigenvalue weighted by molar-refractivity contribution is -0.119. The van der Waals surface area contributed by atoms with Crippen molar-refractivity contribution in [2.24, 2.45) is 7.05 Å². The van der Waals surface area contributed by atoms with E-state index in [1.54, 1.807) is 10.6 Å². The standard InChI is InChI=1S/C21H26N6O3S/c1-13-6-4-8-27-19(13)23-14(2)16(20(27)29)10-17-24-25-21(26(17)3)31-12-18(28)22-11-15-7-5-9-30-15/h4,6,8,15H,5,7,9-12H2,1-3H3,(H,22,28)/t15-/m0/s1. The number of fused-ring (bicyclic) bond motifs is 1. The molecule has 1 N–H and O–H groups in total. The first kappa shape index (κ1) is 21.5. The highest BCUT2D eigenvalue weighted by molar-refractivity contribution is 7.99. The molecule has 0 spiro atoms. The van der Waals surface area contributed by atoms with Crippen LogP contribution in [0.4, 0.5) is 0 Å². The topological polar surface area (TPSA) is 103 Å². The Bertz CT molecular complexity index is 1170. The van der Waals surface area contributed by atoms with Gasteiger partial charge in [-0.15, -0.1) is 10.2 Å². The monoisotopic (exact) mass is 442 g/mol. The highest BCUT2D eigenvalue weighted by Gasteiger charge is 2.18. The summed E-state index contributed by atoms with van der Waals surface area (Å²) in [6, 6.07) is 3.77. The van der Waals surface area contributed by atoms with E-state index in [0.29, 0.717) is 40.9 Å². The minimum Gasteiger partial charge on any atom is -0.376 e. The van der Waals surface area contributed by atoms with E-state index < -0.39 is 0 Å². The van der Waals surface area contributed by atoms with E-state index in [0.717, 1.165) is 25.0 Å². The fourth-order valence-corrected chi connectivity index (χ4v) is 4.40. The minimum absolute atomic E-state index is 0.0618. The molecule has 0 radical (unpaired) electrons. The molecular formula is C21H26N6O3S. The van der Waals surface area contributed by atoms with Crippen molar-refractivity contribution >= 4 is 23.3 Å². The molecule has 0 saturated carbocycles. The van der Waals surface area contributed by atoms with Gasteiger partial charge in [0, 0.05) is 44.1 Å². The molecular weight excluding hydrogens is 416 g/mol. The van der Waals surface area contributed by atoms with Crippen LogP contribution < -0.4 is 10.9 Å². The average molecular weight is 443 g/mol. The van der Waals surface area contributed by atoms with Crippen LogP contribution in [-0.4, -0.2) is 55.1 Å². The molecule has 1 saturated heterocycles. The normalized spacial score (nSPS) is 16.2. The van der Waals surface area contributed by atoms with Crippen molar-refractivity contribution in [2.75, 3.05) is 18.9 Å². The summed E-state index contributed by atoms with van der Waals surface area (Å²) in [5.74, 6) is 0.835. The Kier molecular flexibility index (Phi) is 6.38. The maximum atomic E-state index is 13.0. The quantitative estimate of drug-likeness (QED) is 0.552. The molecule has 3 aromatic rings. The number of aryl methyl sites for hydroxylation is 2. The second-order valence-corrected chi connectivity index (χ2v) is 8.67. The molecule has 31 heavy (non-hydrogen) atoms. The molecule has 0 aromatic carbocycles. The van der Waals surface area contributed by atoms with Gasteiger partial charge in [-0.05, 0) is 38.3 Å². The third kappa shape index (κ3) is 4.64. The molecule has 4 rings (SSSR count). The Morgan fingerprint density at radius 2 is 2.19 bits per heavy atom. The zero-order valence-electron chi connectivity index (χ0n) is 17.9. The van der Waals surface area contributed by atoms with Crippen molar-refractivity contribution in [3.05, 3.63) is 51.3 Å². The molecule has 1 aliphatic rings. The highest BCUT2D eigenvalue weighted by Crippen LogP contribution is 2.18. The van der Waals surface area contributed by atoms with Gasteiger partial charge in [0.2, 0.25) is 5.91 Å². The number of hydrogen-bond acceptors (Lipinski definition) is 7. The van der Waals surface area contributed by atoms with Gasteiger partial charge in [0.05, 0.1) is 11.9 Å². The van der Waals surface area contributed by atoms with E-state index in [9.17, 15) is 9.59 Å². The van der Waals surface area contributed by atoms with Gasteiger partial charge in [0.25, 0.3) is 5.56 Å². The van der Waals surface area contributed by atoms with Crippen LogP contribution in [-0.2, 0) is 23.0 Å². The molecule has 9 nitrogen and oxygen atoms in total. The average Bonchev–Trinajstić information content (AvgIpc) is 3.39. The molecule has 164 valence electrons. The van der Waals surface area contributed by atoms with Gasteiger partial charge in [0.1, 0.15) is 11.5 Å². The Labute approximate surface area is 184 Å². The van der Waals surface area contributed by atoms with Gasteiger partial charge in [-0.25, -0.2) is 4.98 Å². The minimum atomic E-state index is -0.100. The molecule has 0 bridgehead atoms. The molecule has 4 heterocycles. The number of ether oxygens (including phenoxy) is 1. The summed E-state index contributed by atoms with van der Waals surface area (Å²) < 4.78 is 8.91. The van der Waals surface area contributed by atoms with Crippen LogP contribution in [0.5, 0.6) is 0 Å². The SMILES string of the molecule is Cc1nc2c(C)cccn2c(=O)c1Cc1nnc(SCC(=O)NC[C@@H]2CCCO2)n1C. The van der Waals surface area contributed by atoms with E-state index in [1.165, 1.54) is 11.8 Å². The fourth-order valence-electron chi connectivity index (χ4n) is 3.64. The van der Waals surface area contributed by atoms with Crippen molar-refractivity contribution in [3.8, 4) is 0 Å². The predicted octanol–water partition coefficient (Wildman–Crippen LogP) is 1.42.